The van der Waals surface area contributed by atoms with Crippen molar-refractivity contribution in [1.29, 1.82) is 0 Å². The van der Waals surface area contributed by atoms with Crippen molar-refractivity contribution >= 4 is 42.3 Å². The summed E-state index contributed by atoms with van der Waals surface area (Å²) in [5.41, 5.74) is 14.9. The van der Waals surface area contributed by atoms with E-state index in [0.29, 0.717) is 5.82 Å². The number of nitrogens with zero attached hydrogens (tertiary/aromatic N) is 2. The van der Waals surface area contributed by atoms with E-state index in [2.05, 4.69) is 190 Å². The molecule has 0 bridgehead atoms. The third-order valence-corrected chi connectivity index (χ3v) is 12.9. The smallest absolute Gasteiger partial charge is 0.160 e. The van der Waals surface area contributed by atoms with Crippen molar-refractivity contribution in [3.8, 4) is 67.3 Å². The number of rotatable bonds is 5. The van der Waals surface area contributed by atoms with E-state index in [4.69, 9.17) is 9.97 Å². The predicted molar refractivity (Wildman–Crippen MR) is 237 cm³/mol. The molecule has 2 aromatic heterocycles. The first-order valence-corrected chi connectivity index (χ1v) is 20.0. The normalized spacial score (nSPS) is 13.0. The first kappa shape index (κ1) is 32.7. The van der Waals surface area contributed by atoms with Crippen LogP contribution in [0.2, 0.25) is 0 Å². The van der Waals surface area contributed by atoms with E-state index in [9.17, 15) is 0 Å². The van der Waals surface area contributed by atoms with E-state index in [-0.39, 0.29) is 5.41 Å². The molecule has 0 fully saturated rings. The molecule has 1 aliphatic carbocycles. The molecule has 0 amide bonds. The Balaban J connectivity index is 1.13. The summed E-state index contributed by atoms with van der Waals surface area (Å²) >= 11 is 1.88. The monoisotopic (exact) mass is 732 g/mol. The van der Waals surface area contributed by atoms with Crippen molar-refractivity contribution in [3.63, 3.8) is 0 Å². The second-order valence-electron chi connectivity index (χ2n) is 15.4. The average molecular weight is 733 g/mol. The van der Waals surface area contributed by atoms with Gasteiger partial charge in [-0.05, 0) is 91.7 Å². The minimum atomic E-state index is -0.112. The van der Waals surface area contributed by atoms with Gasteiger partial charge in [-0.3, -0.25) is 0 Å². The summed E-state index contributed by atoms with van der Waals surface area (Å²) < 4.78 is 2.60. The minimum Gasteiger partial charge on any atom is -0.228 e. The lowest BCUT2D eigenvalue weighted by Gasteiger charge is -2.22. The molecule has 0 saturated heterocycles. The second-order valence-corrected chi connectivity index (χ2v) is 16.4. The van der Waals surface area contributed by atoms with Crippen LogP contribution in [-0.4, -0.2) is 9.97 Å². The molecule has 2 heterocycles. The Bertz CT molecular complexity index is 3160. The Morgan fingerprint density at radius 1 is 0.411 bits per heavy atom. The van der Waals surface area contributed by atoms with E-state index in [1.54, 1.807) is 0 Å². The molecule has 0 N–H and O–H groups in total. The lowest BCUT2D eigenvalue weighted by Crippen LogP contribution is -2.14. The molecule has 0 saturated carbocycles. The molecule has 0 unspecified atom stereocenters. The van der Waals surface area contributed by atoms with Crippen LogP contribution in [0.4, 0.5) is 0 Å². The van der Waals surface area contributed by atoms with Crippen LogP contribution in [-0.2, 0) is 5.41 Å². The number of hydrogen-bond donors (Lipinski definition) is 0. The first-order chi connectivity index (χ1) is 27.5. The molecule has 1 aliphatic rings. The Morgan fingerprint density at radius 3 is 1.89 bits per heavy atom. The third-order valence-electron chi connectivity index (χ3n) is 11.7. The molecule has 11 rings (SSSR count). The maximum Gasteiger partial charge on any atom is 0.160 e. The van der Waals surface area contributed by atoms with Crippen molar-refractivity contribution in [1.82, 2.24) is 9.97 Å². The highest BCUT2D eigenvalue weighted by Gasteiger charge is 2.35. The first-order valence-electron chi connectivity index (χ1n) is 19.2. The van der Waals surface area contributed by atoms with Gasteiger partial charge in [0.25, 0.3) is 0 Å². The van der Waals surface area contributed by atoms with Crippen LogP contribution in [0.3, 0.4) is 0 Å². The van der Waals surface area contributed by atoms with E-state index in [1.165, 1.54) is 69.9 Å². The van der Waals surface area contributed by atoms with Crippen molar-refractivity contribution in [2.45, 2.75) is 19.3 Å². The van der Waals surface area contributed by atoms with Gasteiger partial charge in [-0.15, -0.1) is 11.3 Å². The van der Waals surface area contributed by atoms with Crippen LogP contribution in [0.15, 0.2) is 182 Å². The fraction of sp³-hybridized carbons (Fsp3) is 0.0566. The lowest BCUT2D eigenvalue weighted by atomic mass is 9.82. The Hall–Kier alpha value is -6.68. The van der Waals surface area contributed by atoms with Gasteiger partial charge < -0.3 is 0 Å². The molecule has 0 spiro atoms. The molecular weight excluding hydrogens is 697 g/mol. The quantitative estimate of drug-likeness (QED) is 0.176. The van der Waals surface area contributed by atoms with E-state index >= 15 is 0 Å². The Labute approximate surface area is 330 Å². The highest BCUT2D eigenvalue weighted by molar-refractivity contribution is 7.26. The number of aromatic nitrogens is 2. The zero-order valence-corrected chi connectivity index (χ0v) is 31.9. The van der Waals surface area contributed by atoms with Gasteiger partial charge in [-0.2, -0.15) is 0 Å². The van der Waals surface area contributed by atoms with Crippen molar-refractivity contribution in [3.05, 3.63) is 193 Å². The maximum atomic E-state index is 5.33. The summed E-state index contributed by atoms with van der Waals surface area (Å²) in [5, 5.41) is 5.19. The molecule has 264 valence electrons. The second kappa shape index (κ2) is 12.7. The van der Waals surface area contributed by atoms with Gasteiger partial charge in [0.2, 0.25) is 0 Å². The van der Waals surface area contributed by atoms with Crippen molar-refractivity contribution < 1.29 is 0 Å². The van der Waals surface area contributed by atoms with E-state index in [0.717, 1.165) is 33.6 Å². The van der Waals surface area contributed by atoms with Gasteiger partial charge >= 0.3 is 0 Å². The van der Waals surface area contributed by atoms with Crippen LogP contribution >= 0.6 is 11.3 Å². The fourth-order valence-corrected chi connectivity index (χ4v) is 10.1. The van der Waals surface area contributed by atoms with Gasteiger partial charge in [0, 0.05) is 42.3 Å². The van der Waals surface area contributed by atoms with Crippen LogP contribution in [0, 0.1) is 0 Å². The summed E-state index contributed by atoms with van der Waals surface area (Å²) in [5.74, 6) is 0.714. The molecule has 2 nitrogen and oxygen atoms in total. The summed E-state index contributed by atoms with van der Waals surface area (Å²) in [7, 11) is 0. The predicted octanol–water partition coefficient (Wildman–Crippen LogP) is 14.6. The molecule has 10 aromatic rings. The van der Waals surface area contributed by atoms with Gasteiger partial charge in [-0.25, -0.2) is 9.97 Å². The van der Waals surface area contributed by atoms with Crippen LogP contribution in [0.1, 0.15) is 25.0 Å². The zero-order valence-electron chi connectivity index (χ0n) is 31.1. The topological polar surface area (TPSA) is 25.8 Å². The number of fused-ring (bicyclic) bond motifs is 8. The zero-order chi connectivity index (χ0) is 37.4. The molecule has 56 heavy (non-hydrogen) atoms. The summed E-state index contributed by atoms with van der Waals surface area (Å²) in [6.07, 6.45) is 0. The highest BCUT2D eigenvalue weighted by Crippen LogP contribution is 2.50. The molecule has 3 heteroatoms. The van der Waals surface area contributed by atoms with Crippen molar-refractivity contribution in [2.24, 2.45) is 0 Å². The average Bonchev–Trinajstić information content (AvgIpc) is 3.76. The maximum absolute atomic E-state index is 5.33. The minimum absolute atomic E-state index is 0.112. The summed E-state index contributed by atoms with van der Waals surface area (Å²) in [6.45, 7) is 4.66. The Morgan fingerprint density at radius 2 is 1.05 bits per heavy atom. The van der Waals surface area contributed by atoms with Crippen LogP contribution in [0.5, 0.6) is 0 Å². The number of hydrogen-bond acceptors (Lipinski definition) is 3. The van der Waals surface area contributed by atoms with Gasteiger partial charge in [0.15, 0.2) is 5.82 Å². The number of thiophene rings is 1. The third kappa shape index (κ3) is 5.23. The lowest BCUT2D eigenvalue weighted by molar-refractivity contribution is 0.660. The largest absolute Gasteiger partial charge is 0.228 e. The fourth-order valence-electron chi connectivity index (χ4n) is 8.85. The highest BCUT2D eigenvalue weighted by atomic mass is 32.1. The number of benzene rings is 8. The van der Waals surface area contributed by atoms with Crippen LogP contribution in [0.25, 0.3) is 98.2 Å². The summed E-state index contributed by atoms with van der Waals surface area (Å²) in [6, 6.07) is 65.9. The van der Waals surface area contributed by atoms with E-state index in [1.807, 2.05) is 17.4 Å². The summed E-state index contributed by atoms with van der Waals surface area (Å²) in [4.78, 5) is 10.6. The molecular formula is C53H36N2S. The van der Waals surface area contributed by atoms with Crippen molar-refractivity contribution in [2.75, 3.05) is 0 Å². The van der Waals surface area contributed by atoms with E-state index < -0.39 is 0 Å². The molecule has 0 aliphatic heterocycles. The van der Waals surface area contributed by atoms with Crippen LogP contribution < -0.4 is 0 Å². The molecule has 0 radical (unpaired) electrons. The molecule has 8 aromatic carbocycles. The SMILES string of the molecule is CC1(C)c2ccccc2-c2ccc(-c3cc(-c4cc(-c5ccccc5)cc(-c5cccc6c5sc5ccc7ccccc7c56)c4)nc(-c4ccccc4)n3)cc21. The Kier molecular flexibility index (Phi) is 7.42. The van der Waals surface area contributed by atoms with Gasteiger partial charge in [-0.1, -0.05) is 159 Å². The van der Waals surface area contributed by atoms with Gasteiger partial charge in [0.05, 0.1) is 11.4 Å². The van der Waals surface area contributed by atoms with Gasteiger partial charge in [0.1, 0.15) is 0 Å². The molecule has 0 atom stereocenters. The standard InChI is InChI=1S/C53H36N2S/c1-53(2)45-23-12-11-20-42(45)43-26-24-36(31-46(43)53)47-32-48(55-52(54-47)35-17-7-4-8-18-35)39-29-37(33-14-5-3-6-15-33)28-38(30-39)41-21-13-22-44-50-40-19-10-9-16-34(40)25-27-49(50)56-51(41)44/h3-32H,1-2H3.